The molecule has 0 radical (unpaired) electrons. The van der Waals surface area contributed by atoms with E-state index < -0.39 is 22.5 Å². The molecule has 0 aliphatic heterocycles. The fraction of sp³-hybridized carbons (Fsp3) is 0.111. The molecule has 1 amide bonds. The monoisotopic (exact) mass is 538 g/mol. The summed E-state index contributed by atoms with van der Waals surface area (Å²) >= 11 is 6.09. The van der Waals surface area contributed by atoms with Crippen LogP contribution in [0.1, 0.15) is 17.0 Å². The van der Waals surface area contributed by atoms with E-state index in [1.54, 1.807) is 48.5 Å². The van der Waals surface area contributed by atoms with E-state index in [0.717, 1.165) is 26.9 Å². The van der Waals surface area contributed by atoms with Crippen LogP contribution in [0.2, 0.25) is 5.02 Å². The van der Waals surface area contributed by atoms with Gasteiger partial charge in [0, 0.05) is 27.7 Å². The van der Waals surface area contributed by atoms with Gasteiger partial charge in [-0.05, 0) is 74.5 Å². The molecule has 7 nitrogen and oxygen atoms in total. The van der Waals surface area contributed by atoms with Crippen LogP contribution < -0.4 is 9.73 Å². The molecular formula is C27H24ClFN4O3S. The smallest absolute Gasteiger partial charge is 0.264 e. The maximum atomic E-state index is 13.4. The molecule has 1 aromatic heterocycles. The van der Waals surface area contributed by atoms with E-state index >= 15 is 0 Å². The number of sulfonamides is 1. The zero-order valence-electron chi connectivity index (χ0n) is 20.1. The van der Waals surface area contributed by atoms with Crippen LogP contribution in [0.4, 0.5) is 10.1 Å². The molecular weight excluding hydrogens is 515 g/mol. The van der Waals surface area contributed by atoms with Gasteiger partial charge in [0.2, 0.25) is 0 Å². The van der Waals surface area contributed by atoms with Gasteiger partial charge in [-0.15, -0.1) is 0 Å². The summed E-state index contributed by atoms with van der Waals surface area (Å²) in [7, 11) is -4.05. The van der Waals surface area contributed by atoms with Gasteiger partial charge in [-0.1, -0.05) is 35.9 Å². The number of aryl methyl sites for hydroxylation is 1. The van der Waals surface area contributed by atoms with E-state index in [0.29, 0.717) is 5.02 Å². The van der Waals surface area contributed by atoms with E-state index in [2.05, 4.69) is 10.5 Å². The average molecular weight is 539 g/mol. The van der Waals surface area contributed by atoms with Crippen molar-refractivity contribution in [2.75, 3.05) is 10.8 Å². The minimum Gasteiger partial charge on any atom is -0.318 e. The van der Waals surface area contributed by atoms with Crippen LogP contribution in [0, 0.1) is 19.7 Å². The van der Waals surface area contributed by atoms with Gasteiger partial charge in [0.15, 0.2) is 0 Å². The number of hydrogen-bond acceptors (Lipinski definition) is 4. The Labute approximate surface area is 219 Å². The Bertz CT molecular complexity index is 1550. The van der Waals surface area contributed by atoms with Crippen LogP contribution in [0.5, 0.6) is 0 Å². The van der Waals surface area contributed by atoms with Crippen molar-refractivity contribution in [3.05, 3.63) is 113 Å². The zero-order chi connectivity index (χ0) is 26.6. The number of hydrazone groups is 1. The minimum absolute atomic E-state index is 0.0412. The molecule has 0 atom stereocenters. The maximum absolute atomic E-state index is 13.4. The fourth-order valence-electron chi connectivity index (χ4n) is 3.91. The summed E-state index contributed by atoms with van der Waals surface area (Å²) in [5.74, 6) is -0.958. The first kappa shape index (κ1) is 26.1. The maximum Gasteiger partial charge on any atom is 0.264 e. The molecule has 0 saturated carbocycles. The SMILES string of the molecule is Cc1cc(/C=N\NC(=O)CN(c2cccc(Cl)c2)S(=O)(=O)c2ccccc2)c(C)n1-c1ccc(F)cc1. The van der Waals surface area contributed by atoms with E-state index in [1.165, 1.54) is 36.5 Å². The van der Waals surface area contributed by atoms with Crippen LogP contribution >= 0.6 is 11.6 Å². The van der Waals surface area contributed by atoms with Gasteiger partial charge in [-0.25, -0.2) is 18.2 Å². The predicted molar refractivity (Wildman–Crippen MR) is 143 cm³/mol. The van der Waals surface area contributed by atoms with Gasteiger partial charge in [-0.3, -0.25) is 9.10 Å². The average Bonchev–Trinajstić information content (AvgIpc) is 3.16. The second-order valence-corrected chi connectivity index (χ2v) is 10.5. The minimum atomic E-state index is -4.05. The Morgan fingerprint density at radius 2 is 1.73 bits per heavy atom. The van der Waals surface area contributed by atoms with Crippen molar-refractivity contribution < 1.29 is 17.6 Å². The Balaban J connectivity index is 1.54. The highest BCUT2D eigenvalue weighted by molar-refractivity contribution is 7.92. The van der Waals surface area contributed by atoms with Crippen LogP contribution in [0.3, 0.4) is 0 Å². The normalized spacial score (nSPS) is 11.6. The molecule has 0 saturated heterocycles. The highest BCUT2D eigenvalue weighted by Crippen LogP contribution is 2.26. The van der Waals surface area contributed by atoms with E-state index in [1.807, 2.05) is 24.5 Å². The van der Waals surface area contributed by atoms with Crippen molar-refractivity contribution in [2.24, 2.45) is 5.10 Å². The molecule has 0 unspecified atom stereocenters. The number of amides is 1. The summed E-state index contributed by atoms with van der Waals surface area (Å²) in [4.78, 5) is 12.8. The first-order valence-electron chi connectivity index (χ1n) is 11.3. The lowest BCUT2D eigenvalue weighted by Crippen LogP contribution is -2.39. The third-order valence-corrected chi connectivity index (χ3v) is 7.69. The van der Waals surface area contributed by atoms with Gasteiger partial charge >= 0.3 is 0 Å². The molecule has 10 heteroatoms. The second-order valence-electron chi connectivity index (χ2n) is 8.24. The van der Waals surface area contributed by atoms with Crippen molar-refractivity contribution in [2.45, 2.75) is 18.7 Å². The van der Waals surface area contributed by atoms with E-state index in [9.17, 15) is 17.6 Å². The van der Waals surface area contributed by atoms with Gasteiger partial charge in [0.25, 0.3) is 15.9 Å². The van der Waals surface area contributed by atoms with Crippen molar-refractivity contribution in [1.82, 2.24) is 9.99 Å². The number of anilines is 1. The number of nitrogens with one attached hydrogen (secondary N) is 1. The number of halogens is 2. The third kappa shape index (κ3) is 5.90. The lowest BCUT2D eigenvalue weighted by Gasteiger charge is -2.23. The standard InChI is InChI=1S/C27H24ClFN4O3S/c1-19-15-21(20(2)33(19)24-13-11-23(29)12-14-24)17-30-31-27(34)18-32(25-8-6-7-22(28)16-25)37(35,36)26-9-4-3-5-10-26/h3-17H,18H2,1-2H3,(H,31,34)/b30-17-. The van der Waals surface area contributed by atoms with Gasteiger partial charge in [-0.2, -0.15) is 5.10 Å². The molecule has 1 N–H and O–H groups in total. The third-order valence-electron chi connectivity index (χ3n) is 5.66. The van der Waals surface area contributed by atoms with Crippen molar-refractivity contribution in [1.29, 1.82) is 0 Å². The summed E-state index contributed by atoms with van der Waals surface area (Å²) in [6.07, 6.45) is 1.48. The number of benzene rings is 3. The number of rotatable bonds is 8. The van der Waals surface area contributed by atoms with Crippen molar-refractivity contribution in [3.8, 4) is 5.69 Å². The van der Waals surface area contributed by atoms with Gasteiger partial charge < -0.3 is 4.57 Å². The number of carbonyl (C=O) groups is 1. The summed E-state index contributed by atoms with van der Waals surface area (Å²) < 4.78 is 43.0. The van der Waals surface area contributed by atoms with Crippen LogP contribution in [0.25, 0.3) is 5.69 Å². The number of nitrogens with zero attached hydrogens (tertiary/aromatic N) is 3. The van der Waals surface area contributed by atoms with Crippen LogP contribution in [-0.2, 0) is 14.8 Å². The summed E-state index contributed by atoms with van der Waals surface area (Å²) in [6.45, 7) is 3.28. The molecule has 4 rings (SSSR count). The largest absolute Gasteiger partial charge is 0.318 e. The lowest BCUT2D eigenvalue weighted by atomic mass is 10.2. The topological polar surface area (TPSA) is 83.8 Å². The molecule has 4 aromatic rings. The summed E-state index contributed by atoms with van der Waals surface area (Å²) in [5.41, 5.74) is 5.93. The van der Waals surface area contributed by atoms with E-state index in [-0.39, 0.29) is 16.4 Å². The Morgan fingerprint density at radius 1 is 1.03 bits per heavy atom. The fourth-order valence-corrected chi connectivity index (χ4v) is 5.53. The van der Waals surface area contributed by atoms with E-state index in [4.69, 9.17) is 11.6 Å². The first-order chi connectivity index (χ1) is 17.7. The molecule has 3 aromatic carbocycles. The Hall–Kier alpha value is -3.95. The van der Waals surface area contributed by atoms with Gasteiger partial charge in [0.1, 0.15) is 12.4 Å². The Morgan fingerprint density at radius 3 is 2.41 bits per heavy atom. The Kier molecular flexibility index (Phi) is 7.75. The number of hydrogen-bond donors (Lipinski definition) is 1. The van der Waals surface area contributed by atoms with Crippen LogP contribution in [-0.4, -0.2) is 31.7 Å². The molecule has 0 fully saturated rings. The zero-order valence-corrected chi connectivity index (χ0v) is 21.7. The summed E-state index contributed by atoms with van der Waals surface area (Å²) in [6, 6.07) is 22.1. The quantitative estimate of drug-likeness (QED) is 0.246. The second kappa shape index (κ2) is 11.0. The molecule has 0 aliphatic rings. The summed E-state index contributed by atoms with van der Waals surface area (Å²) in [5, 5.41) is 4.37. The number of carbonyl (C=O) groups excluding carboxylic acids is 1. The predicted octanol–water partition coefficient (Wildman–Crippen LogP) is 5.23. The van der Waals surface area contributed by atoms with Crippen molar-refractivity contribution >= 4 is 39.4 Å². The molecule has 190 valence electrons. The lowest BCUT2D eigenvalue weighted by molar-refractivity contribution is -0.119. The molecule has 0 spiro atoms. The van der Waals surface area contributed by atoms with Gasteiger partial charge in [0.05, 0.1) is 16.8 Å². The molecule has 1 heterocycles. The number of aromatic nitrogens is 1. The highest BCUT2D eigenvalue weighted by Gasteiger charge is 2.27. The first-order valence-corrected chi connectivity index (χ1v) is 13.1. The van der Waals surface area contributed by atoms with Crippen molar-refractivity contribution in [3.63, 3.8) is 0 Å². The molecule has 37 heavy (non-hydrogen) atoms. The highest BCUT2D eigenvalue weighted by atomic mass is 35.5. The van der Waals surface area contributed by atoms with Crippen LogP contribution in [0.15, 0.2) is 94.9 Å². The molecule has 0 aliphatic carbocycles. The molecule has 0 bridgehead atoms.